The zero-order valence-corrected chi connectivity index (χ0v) is 6.44. The molecule has 0 aliphatic rings. The number of rotatable bonds is 5. The van der Waals surface area contributed by atoms with Gasteiger partial charge in [-0.05, 0) is 0 Å². The second kappa shape index (κ2) is 6.44. The minimum Gasteiger partial charge on any atom is -0.479 e. The van der Waals surface area contributed by atoms with Gasteiger partial charge in [0.25, 0.3) is 0 Å². The van der Waals surface area contributed by atoms with Crippen LogP contribution in [0, 0.1) is 0 Å². The van der Waals surface area contributed by atoms with Crippen LogP contribution in [-0.2, 0) is 9.59 Å². The Hall–Kier alpha value is -1.02. The van der Waals surface area contributed by atoms with Crippen LogP contribution in [0.4, 0.5) is 0 Å². The van der Waals surface area contributed by atoms with Crippen LogP contribution in [0.25, 0.3) is 0 Å². The van der Waals surface area contributed by atoms with Crippen molar-refractivity contribution in [3.05, 3.63) is 0 Å². The highest BCUT2D eigenvalue weighted by Gasteiger charge is 2.33. The molecular weight excluding hydrogens is 196 g/mol. The molecule has 0 amide bonds. The first-order valence-electron chi connectivity index (χ1n) is 3.32. The molecule has 0 unspecified atom stereocenters. The van der Waals surface area contributed by atoms with Gasteiger partial charge in [-0.1, -0.05) is 7.43 Å². The Bertz CT molecular complexity index is 192. The van der Waals surface area contributed by atoms with Crippen LogP contribution in [0.5, 0.6) is 0 Å². The largest absolute Gasteiger partial charge is 0.479 e. The number of aliphatic carboxylic acids is 1. The molecule has 0 bridgehead atoms. The fraction of sp³-hybridized carbons (Fsp3) is 0.714. The lowest BCUT2D eigenvalue weighted by molar-refractivity contribution is -0.163. The van der Waals surface area contributed by atoms with E-state index in [1.54, 1.807) is 0 Å². The lowest BCUT2D eigenvalue weighted by Crippen LogP contribution is -2.48. The highest BCUT2D eigenvalue weighted by Crippen LogP contribution is 2.03. The molecule has 0 radical (unpaired) electrons. The molecule has 0 saturated carbocycles. The number of carbonyl (C=O) groups excluding carboxylic acids is 1. The predicted molar refractivity (Wildman–Crippen MR) is 44.5 cm³/mol. The van der Waals surface area contributed by atoms with E-state index in [0.717, 1.165) is 0 Å². The van der Waals surface area contributed by atoms with Crippen LogP contribution in [0.3, 0.4) is 0 Å². The van der Waals surface area contributed by atoms with Gasteiger partial charge in [0.2, 0.25) is 0 Å². The van der Waals surface area contributed by atoms with Crippen LogP contribution < -0.4 is 0 Å². The molecule has 84 valence electrons. The zero-order valence-electron chi connectivity index (χ0n) is 6.44. The van der Waals surface area contributed by atoms with Gasteiger partial charge in [-0.15, -0.1) is 0 Å². The van der Waals surface area contributed by atoms with Gasteiger partial charge >= 0.3 is 5.97 Å². The number of hydrogen-bond donors (Lipinski definition) is 5. The summed E-state index contributed by atoms with van der Waals surface area (Å²) in [5.41, 5.74) is 0. The van der Waals surface area contributed by atoms with E-state index in [4.69, 9.17) is 25.5 Å². The average molecular weight is 210 g/mol. The molecule has 0 aromatic carbocycles. The first-order chi connectivity index (χ1) is 5.91. The number of hydrogen-bond acceptors (Lipinski definition) is 6. The van der Waals surface area contributed by atoms with Gasteiger partial charge in [0.15, 0.2) is 12.4 Å². The molecule has 0 aromatic heterocycles. The van der Waals surface area contributed by atoms with Crippen molar-refractivity contribution in [2.75, 3.05) is 0 Å². The standard InChI is InChI=1S/C6H10O7.CH4/c7-1-2(8)3(9)4(10)5(11)6(12)13;/h1-5,8-11H,(H,12,13);1H4/t2-,3+,4+,5-;/m0./s1. The van der Waals surface area contributed by atoms with E-state index in [9.17, 15) is 9.59 Å². The number of carbonyl (C=O) groups is 2. The topological polar surface area (TPSA) is 135 Å². The lowest BCUT2D eigenvalue weighted by atomic mass is 10.0. The molecule has 0 rings (SSSR count). The highest BCUT2D eigenvalue weighted by molar-refractivity contribution is 5.73. The number of carboxylic acids is 1. The molecule has 0 aromatic rings. The molecule has 0 spiro atoms. The van der Waals surface area contributed by atoms with Gasteiger partial charge in [0.1, 0.15) is 18.3 Å². The van der Waals surface area contributed by atoms with Gasteiger partial charge in [-0.3, -0.25) is 0 Å². The van der Waals surface area contributed by atoms with Gasteiger partial charge in [-0.2, -0.15) is 0 Å². The SMILES string of the molecule is C.O=C[C@H](O)[C@@H](O)[C@@H](O)[C@H](O)C(=O)O. The smallest absolute Gasteiger partial charge is 0.335 e. The second-order valence-corrected chi connectivity index (χ2v) is 2.39. The molecule has 0 aliphatic heterocycles. The summed E-state index contributed by atoms with van der Waals surface area (Å²) >= 11 is 0. The van der Waals surface area contributed by atoms with E-state index < -0.39 is 30.4 Å². The van der Waals surface area contributed by atoms with E-state index >= 15 is 0 Å². The minimum atomic E-state index is -2.25. The predicted octanol–water partition coefficient (Wildman–Crippen LogP) is -2.65. The van der Waals surface area contributed by atoms with Crippen LogP contribution in [-0.4, -0.2) is 62.2 Å². The molecular formula is C7H14O7. The molecule has 0 fully saturated rings. The van der Waals surface area contributed by atoms with Crippen LogP contribution >= 0.6 is 0 Å². The monoisotopic (exact) mass is 210 g/mol. The molecule has 5 N–H and O–H groups in total. The average Bonchev–Trinajstić information content (AvgIpc) is 2.12. The Morgan fingerprint density at radius 3 is 1.79 bits per heavy atom. The molecule has 7 nitrogen and oxygen atoms in total. The van der Waals surface area contributed by atoms with Crippen molar-refractivity contribution in [1.82, 2.24) is 0 Å². The Balaban J connectivity index is 0. The van der Waals surface area contributed by atoms with E-state index in [2.05, 4.69) is 0 Å². The van der Waals surface area contributed by atoms with Crippen molar-refractivity contribution in [1.29, 1.82) is 0 Å². The third-order valence-corrected chi connectivity index (χ3v) is 1.42. The third kappa shape index (κ3) is 3.79. The van der Waals surface area contributed by atoms with E-state index in [-0.39, 0.29) is 13.7 Å². The second-order valence-electron chi connectivity index (χ2n) is 2.39. The quantitative estimate of drug-likeness (QED) is 0.313. The maximum absolute atomic E-state index is 10.1. The van der Waals surface area contributed by atoms with E-state index in [1.165, 1.54) is 0 Å². The molecule has 14 heavy (non-hydrogen) atoms. The fourth-order valence-corrected chi connectivity index (χ4v) is 0.615. The van der Waals surface area contributed by atoms with E-state index in [1.807, 2.05) is 0 Å². The highest BCUT2D eigenvalue weighted by atomic mass is 16.4. The van der Waals surface area contributed by atoms with Crippen molar-refractivity contribution >= 4 is 12.3 Å². The first-order valence-corrected chi connectivity index (χ1v) is 3.32. The van der Waals surface area contributed by atoms with Gasteiger partial charge in [-0.25, -0.2) is 4.79 Å². The normalized spacial score (nSPS) is 18.6. The summed E-state index contributed by atoms with van der Waals surface area (Å²) in [7, 11) is 0. The Morgan fingerprint density at radius 1 is 1.07 bits per heavy atom. The molecule has 0 heterocycles. The minimum absolute atomic E-state index is 0. The summed E-state index contributed by atoms with van der Waals surface area (Å²) in [5, 5.41) is 43.2. The molecule has 0 aliphatic carbocycles. The number of carboxylic acid groups (broad SMARTS) is 1. The summed E-state index contributed by atoms with van der Waals surface area (Å²) in [6.45, 7) is 0. The lowest BCUT2D eigenvalue weighted by Gasteiger charge is -2.21. The van der Waals surface area contributed by atoms with Gasteiger partial charge in [0, 0.05) is 0 Å². The maximum Gasteiger partial charge on any atom is 0.335 e. The molecule has 4 atom stereocenters. The number of aliphatic hydroxyl groups is 4. The van der Waals surface area contributed by atoms with Crippen molar-refractivity contribution in [3.8, 4) is 0 Å². The Labute approximate surface area is 80.2 Å². The fourth-order valence-electron chi connectivity index (χ4n) is 0.615. The Kier molecular flexibility index (Phi) is 7.10. The van der Waals surface area contributed by atoms with E-state index in [0.29, 0.717) is 0 Å². The maximum atomic E-state index is 10.1. The van der Waals surface area contributed by atoms with Crippen molar-refractivity contribution in [3.63, 3.8) is 0 Å². The van der Waals surface area contributed by atoms with Crippen molar-refractivity contribution in [2.45, 2.75) is 31.8 Å². The third-order valence-electron chi connectivity index (χ3n) is 1.42. The summed E-state index contributed by atoms with van der Waals surface area (Å²) in [5.74, 6) is -1.76. The van der Waals surface area contributed by atoms with Crippen molar-refractivity contribution in [2.24, 2.45) is 0 Å². The summed E-state index contributed by atoms with van der Waals surface area (Å²) in [6.07, 6.45) is -8.39. The van der Waals surface area contributed by atoms with Gasteiger partial charge < -0.3 is 30.3 Å². The first kappa shape index (κ1) is 15.5. The van der Waals surface area contributed by atoms with Crippen LogP contribution in [0.1, 0.15) is 7.43 Å². The van der Waals surface area contributed by atoms with Crippen LogP contribution in [0.15, 0.2) is 0 Å². The summed E-state index contributed by atoms with van der Waals surface area (Å²) in [6, 6.07) is 0. The van der Waals surface area contributed by atoms with Gasteiger partial charge in [0.05, 0.1) is 0 Å². The summed E-state index contributed by atoms with van der Waals surface area (Å²) < 4.78 is 0. The zero-order chi connectivity index (χ0) is 10.6. The number of aliphatic hydroxyl groups excluding tert-OH is 4. The molecule has 7 heteroatoms. The summed E-state index contributed by atoms with van der Waals surface area (Å²) in [4.78, 5) is 20.0. The Morgan fingerprint density at radius 2 is 1.50 bits per heavy atom. The number of aldehydes is 1. The van der Waals surface area contributed by atoms with Crippen LogP contribution in [0.2, 0.25) is 0 Å². The van der Waals surface area contributed by atoms with Crippen molar-refractivity contribution < 1.29 is 35.1 Å². The molecule has 0 saturated heterocycles.